The summed E-state index contributed by atoms with van der Waals surface area (Å²) in [5.41, 5.74) is 7.91. The third-order valence-corrected chi connectivity index (χ3v) is 2.46. The number of anilines is 1. The quantitative estimate of drug-likeness (QED) is 0.672. The molecule has 0 aliphatic rings. The van der Waals surface area contributed by atoms with Crippen molar-refractivity contribution >= 4 is 5.69 Å². The van der Waals surface area contributed by atoms with Gasteiger partial charge in [0.25, 0.3) is 0 Å². The first-order chi connectivity index (χ1) is 7.48. The summed E-state index contributed by atoms with van der Waals surface area (Å²) in [6.45, 7) is 3.39. The lowest BCUT2D eigenvalue weighted by atomic mass is 10.0. The van der Waals surface area contributed by atoms with Gasteiger partial charge in [0.15, 0.2) is 0 Å². The molecular formula is C12H15N3O. The van der Waals surface area contributed by atoms with Gasteiger partial charge < -0.3 is 10.8 Å². The van der Waals surface area contributed by atoms with E-state index >= 15 is 0 Å². The lowest BCUT2D eigenvalue weighted by molar-refractivity contribution is 0.0738. The number of nitrogens with one attached hydrogen (secondary N) is 1. The lowest BCUT2D eigenvalue weighted by Gasteiger charge is -2.12. The standard InChI is InChI=1S/C12H15N3O/c1-12(2,16)11-7-10(14-15-11)8-5-3-4-6-9(8)13/h3-7,16H,13H2,1-2H3,(H,14,15). The highest BCUT2D eigenvalue weighted by Crippen LogP contribution is 2.27. The van der Waals surface area contributed by atoms with Crippen LogP contribution in [-0.2, 0) is 5.60 Å². The normalized spacial score (nSPS) is 11.7. The maximum absolute atomic E-state index is 9.80. The SMILES string of the molecule is CC(C)(O)c1cc(-c2ccccc2N)[nH]n1. The molecule has 4 N–H and O–H groups in total. The minimum atomic E-state index is -0.946. The molecule has 4 nitrogen and oxygen atoms in total. The van der Waals surface area contributed by atoms with E-state index in [0.717, 1.165) is 11.3 Å². The van der Waals surface area contributed by atoms with Crippen LogP contribution in [0.25, 0.3) is 11.3 Å². The minimum Gasteiger partial charge on any atom is -0.398 e. The van der Waals surface area contributed by atoms with Crippen LogP contribution in [0.5, 0.6) is 0 Å². The molecule has 0 fully saturated rings. The highest BCUT2D eigenvalue weighted by molar-refractivity contribution is 5.73. The lowest BCUT2D eigenvalue weighted by Crippen LogP contribution is -2.15. The molecule has 0 bridgehead atoms. The maximum atomic E-state index is 9.80. The molecule has 1 aromatic carbocycles. The van der Waals surface area contributed by atoms with Gasteiger partial charge in [-0.1, -0.05) is 18.2 Å². The van der Waals surface area contributed by atoms with Gasteiger partial charge in [-0.05, 0) is 26.0 Å². The first-order valence-corrected chi connectivity index (χ1v) is 5.11. The second-order valence-corrected chi connectivity index (χ2v) is 4.31. The largest absolute Gasteiger partial charge is 0.398 e. The summed E-state index contributed by atoms with van der Waals surface area (Å²) >= 11 is 0. The molecule has 1 heterocycles. The van der Waals surface area contributed by atoms with Crippen molar-refractivity contribution in [2.75, 3.05) is 5.73 Å². The molecule has 2 rings (SSSR count). The van der Waals surface area contributed by atoms with Crippen molar-refractivity contribution in [3.8, 4) is 11.3 Å². The Balaban J connectivity index is 2.44. The van der Waals surface area contributed by atoms with Crippen LogP contribution in [0, 0.1) is 0 Å². The average molecular weight is 217 g/mol. The van der Waals surface area contributed by atoms with Crippen molar-refractivity contribution in [1.29, 1.82) is 0 Å². The smallest absolute Gasteiger partial charge is 0.103 e. The van der Waals surface area contributed by atoms with Crippen LogP contribution in [0.15, 0.2) is 30.3 Å². The van der Waals surface area contributed by atoms with E-state index < -0.39 is 5.60 Å². The molecular weight excluding hydrogens is 202 g/mol. The number of hydrogen-bond donors (Lipinski definition) is 3. The van der Waals surface area contributed by atoms with E-state index in [1.54, 1.807) is 13.8 Å². The zero-order chi connectivity index (χ0) is 11.8. The van der Waals surface area contributed by atoms with E-state index in [1.165, 1.54) is 0 Å². The molecule has 84 valence electrons. The van der Waals surface area contributed by atoms with Gasteiger partial charge in [-0.2, -0.15) is 5.10 Å². The van der Waals surface area contributed by atoms with Gasteiger partial charge in [-0.3, -0.25) is 5.10 Å². The number of aromatic nitrogens is 2. The number of H-pyrrole nitrogens is 1. The number of hydrogen-bond acceptors (Lipinski definition) is 3. The predicted molar refractivity (Wildman–Crippen MR) is 63.7 cm³/mol. The first-order valence-electron chi connectivity index (χ1n) is 5.11. The number of nitrogen functional groups attached to an aromatic ring is 1. The molecule has 1 aromatic heterocycles. The van der Waals surface area contributed by atoms with Crippen molar-refractivity contribution in [2.24, 2.45) is 0 Å². The van der Waals surface area contributed by atoms with Crippen molar-refractivity contribution in [3.05, 3.63) is 36.0 Å². The number of rotatable bonds is 2. The highest BCUT2D eigenvalue weighted by Gasteiger charge is 2.20. The van der Waals surface area contributed by atoms with E-state index in [1.807, 2.05) is 30.3 Å². The fourth-order valence-corrected chi connectivity index (χ4v) is 1.52. The second kappa shape index (κ2) is 3.64. The van der Waals surface area contributed by atoms with Gasteiger partial charge in [0.05, 0.1) is 11.4 Å². The van der Waals surface area contributed by atoms with Crippen LogP contribution in [0.1, 0.15) is 19.5 Å². The third kappa shape index (κ3) is 1.92. The fourth-order valence-electron chi connectivity index (χ4n) is 1.52. The Bertz CT molecular complexity index is 497. The zero-order valence-corrected chi connectivity index (χ0v) is 9.36. The summed E-state index contributed by atoms with van der Waals surface area (Å²) in [5, 5.41) is 16.8. The van der Waals surface area contributed by atoms with Crippen molar-refractivity contribution < 1.29 is 5.11 Å². The van der Waals surface area contributed by atoms with Crippen LogP contribution in [0.4, 0.5) is 5.69 Å². The number of para-hydroxylation sites is 1. The maximum Gasteiger partial charge on any atom is 0.103 e. The van der Waals surface area contributed by atoms with Gasteiger partial charge in [0, 0.05) is 11.3 Å². The molecule has 0 aliphatic carbocycles. The summed E-state index contributed by atoms with van der Waals surface area (Å²) in [4.78, 5) is 0. The Hall–Kier alpha value is -1.81. The Morgan fingerprint density at radius 1 is 1.31 bits per heavy atom. The van der Waals surface area contributed by atoms with Gasteiger partial charge in [-0.15, -0.1) is 0 Å². The predicted octanol–water partition coefficient (Wildman–Crippen LogP) is 1.89. The summed E-state index contributed by atoms with van der Waals surface area (Å²) in [7, 11) is 0. The molecule has 0 spiro atoms. The van der Waals surface area contributed by atoms with Gasteiger partial charge >= 0.3 is 0 Å². The van der Waals surface area contributed by atoms with Crippen molar-refractivity contribution in [2.45, 2.75) is 19.4 Å². The molecule has 0 saturated carbocycles. The van der Waals surface area contributed by atoms with E-state index in [9.17, 15) is 5.11 Å². The third-order valence-electron chi connectivity index (χ3n) is 2.46. The van der Waals surface area contributed by atoms with Crippen LogP contribution < -0.4 is 5.73 Å². The first kappa shape index (κ1) is 10.7. The van der Waals surface area contributed by atoms with E-state index in [0.29, 0.717) is 11.4 Å². The zero-order valence-electron chi connectivity index (χ0n) is 9.36. The number of nitrogens with zero attached hydrogens (tertiary/aromatic N) is 1. The van der Waals surface area contributed by atoms with E-state index in [4.69, 9.17) is 5.73 Å². The number of aliphatic hydroxyl groups is 1. The summed E-state index contributed by atoms with van der Waals surface area (Å²) in [5.74, 6) is 0. The number of nitrogens with two attached hydrogens (primary N) is 1. The molecule has 0 amide bonds. The highest BCUT2D eigenvalue weighted by atomic mass is 16.3. The van der Waals surface area contributed by atoms with E-state index in [2.05, 4.69) is 10.2 Å². The molecule has 0 aliphatic heterocycles. The molecule has 0 unspecified atom stereocenters. The molecule has 2 aromatic rings. The van der Waals surface area contributed by atoms with Gasteiger partial charge in [0.1, 0.15) is 5.60 Å². The monoisotopic (exact) mass is 217 g/mol. The fraction of sp³-hybridized carbons (Fsp3) is 0.250. The Kier molecular flexibility index (Phi) is 2.44. The summed E-state index contributed by atoms with van der Waals surface area (Å²) in [6, 6.07) is 9.35. The van der Waals surface area contributed by atoms with Crippen LogP contribution in [0.3, 0.4) is 0 Å². The minimum absolute atomic E-state index is 0.603. The van der Waals surface area contributed by atoms with Gasteiger partial charge in [-0.25, -0.2) is 0 Å². The average Bonchev–Trinajstić information content (AvgIpc) is 2.66. The van der Waals surface area contributed by atoms with Crippen LogP contribution in [-0.4, -0.2) is 15.3 Å². The summed E-state index contributed by atoms with van der Waals surface area (Å²) in [6.07, 6.45) is 0. The Morgan fingerprint density at radius 3 is 2.56 bits per heavy atom. The Labute approximate surface area is 94.1 Å². The van der Waals surface area contributed by atoms with E-state index in [-0.39, 0.29) is 0 Å². The second-order valence-electron chi connectivity index (χ2n) is 4.31. The Morgan fingerprint density at radius 2 is 2.00 bits per heavy atom. The van der Waals surface area contributed by atoms with Crippen LogP contribution in [0.2, 0.25) is 0 Å². The van der Waals surface area contributed by atoms with Crippen LogP contribution >= 0.6 is 0 Å². The van der Waals surface area contributed by atoms with Gasteiger partial charge in [0.2, 0.25) is 0 Å². The molecule has 0 radical (unpaired) electrons. The molecule has 0 atom stereocenters. The number of aromatic amines is 1. The summed E-state index contributed by atoms with van der Waals surface area (Å²) < 4.78 is 0. The van der Waals surface area contributed by atoms with Crippen molar-refractivity contribution in [3.63, 3.8) is 0 Å². The number of benzene rings is 1. The molecule has 16 heavy (non-hydrogen) atoms. The topological polar surface area (TPSA) is 74.9 Å². The van der Waals surface area contributed by atoms with Crippen molar-refractivity contribution in [1.82, 2.24) is 10.2 Å². The molecule has 0 saturated heterocycles. The molecule has 4 heteroatoms.